The van der Waals surface area contributed by atoms with Gasteiger partial charge in [-0.15, -0.1) is 0 Å². The number of nitrogens with zero attached hydrogens (tertiary/aromatic N) is 1. The van der Waals surface area contributed by atoms with Crippen molar-refractivity contribution >= 4 is 12.2 Å². The molecule has 0 atom stereocenters. The summed E-state index contributed by atoms with van der Waals surface area (Å²) in [5, 5.41) is 8.63. The van der Waals surface area contributed by atoms with Crippen molar-refractivity contribution in [2.45, 2.75) is 45.1 Å². The van der Waals surface area contributed by atoms with Crippen molar-refractivity contribution < 1.29 is 5.11 Å². The predicted octanol–water partition coefficient (Wildman–Crippen LogP) is 3.55. The first-order chi connectivity index (χ1) is 7.84. The molecule has 0 amide bonds. The fraction of sp³-hybridized carbons (Fsp3) is 0.615. The van der Waals surface area contributed by atoms with Crippen LogP contribution >= 0.6 is 12.2 Å². The number of aryl methyl sites for hydroxylation is 1. The summed E-state index contributed by atoms with van der Waals surface area (Å²) < 4.78 is 3.05. The zero-order valence-corrected chi connectivity index (χ0v) is 10.6. The van der Waals surface area contributed by atoms with Gasteiger partial charge < -0.3 is 9.67 Å². The molecule has 1 aromatic heterocycles. The first-order valence-corrected chi connectivity index (χ1v) is 6.52. The first-order valence-electron chi connectivity index (χ1n) is 6.11. The smallest absolute Gasteiger partial charge is 0.105 e. The lowest BCUT2D eigenvalue weighted by Gasteiger charge is -2.06. The molecule has 16 heavy (non-hydrogen) atoms. The number of aliphatic hydroxyl groups is 1. The van der Waals surface area contributed by atoms with Gasteiger partial charge in [-0.25, -0.2) is 0 Å². The van der Waals surface area contributed by atoms with Crippen LogP contribution in [0.4, 0.5) is 0 Å². The third kappa shape index (κ3) is 5.42. The Morgan fingerprint density at radius 1 is 1.00 bits per heavy atom. The monoisotopic (exact) mass is 239 g/mol. The number of pyridine rings is 1. The van der Waals surface area contributed by atoms with Crippen LogP contribution in [0.25, 0.3) is 0 Å². The molecule has 0 aliphatic rings. The van der Waals surface area contributed by atoms with Crippen molar-refractivity contribution in [3.05, 3.63) is 29.0 Å². The Kier molecular flexibility index (Phi) is 7.10. The van der Waals surface area contributed by atoms with Crippen LogP contribution in [0.5, 0.6) is 0 Å². The van der Waals surface area contributed by atoms with Gasteiger partial charge in [0, 0.05) is 19.3 Å². The van der Waals surface area contributed by atoms with E-state index >= 15 is 0 Å². The minimum atomic E-state index is 0.333. The molecule has 0 aliphatic heterocycles. The van der Waals surface area contributed by atoms with Gasteiger partial charge in [-0.3, -0.25) is 0 Å². The molecule has 0 bridgehead atoms. The van der Waals surface area contributed by atoms with Crippen molar-refractivity contribution in [3.63, 3.8) is 0 Å². The van der Waals surface area contributed by atoms with E-state index in [0.29, 0.717) is 6.61 Å². The molecule has 1 aromatic rings. The van der Waals surface area contributed by atoms with Crippen molar-refractivity contribution in [3.8, 4) is 0 Å². The summed E-state index contributed by atoms with van der Waals surface area (Å²) in [5.41, 5.74) is 0. The molecule has 1 heterocycles. The van der Waals surface area contributed by atoms with Gasteiger partial charge in [0.2, 0.25) is 0 Å². The second-order valence-electron chi connectivity index (χ2n) is 4.08. The average molecular weight is 239 g/mol. The average Bonchev–Trinajstić information content (AvgIpc) is 2.30. The number of rotatable bonds is 8. The van der Waals surface area contributed by atoms with Gasteiger partial charge in [-0.05, 0) is 25.0 Å². The highest BCUT2D eigenvalue weighted by atomic mass is 32.1. The van der Waals surface area contributed by atoms with Crippen LogP contribution in [0.15, 0.2) is 24.4 Å². The molecule has 1 rings (SSSR count). The molecule has 0 spiro atoms. The van der Waals surface area contributed by atoms with E-state index in [1.54, 1.807) is 0 Å². The second-order valence-corrected chi connectivity index (χ2v) is 4.50. The highest BCUT2D eigenvalue weighted by molar-refractivity contribution is 7.71. The van der Waals surface area contributed by atoms with Gasteiger partial charge in [-0.1, -0.05) is 44.0 Å². The van der Waals surface area contributed by atoms with E-state index in [2.05, 4.69) is 4.57 Å². The summed E-state index contributed by atoms with van der Waals surface area (Å²) in [5.74, 6) is 0. The Bertz CT molecular complexity index is 335. The van der Waals surface area contributed by atoms with E-state index in [-0.39, 0.29) is 0 Å². The van der Waals surface area contributed by atoms with E-state index in [1.165, 1.54) is 25.7 Å². The van der Waals surface area contributed by atoms with Crippen LogP contribution in [0, 0.1) is 4.64 Å². The quantitative estimate of drug-likeness (QED) is 0.554. The van der Waals surface area contributed by atoms with Gasteiger partial charge in [-0.2, -0.15) is 0 Å². The molecule has 0 aromatic carbocycles. The van der Waals surface area contributed by atoms with Crippen molar-refractivity contribution in [1.82, 2.24) is 4.57 Å². The SMILES string of the molecule is OCCCCCCCCn1ccccc1=S. The maximum atomic E-state index is 8.63. The molecule has 0 unspecified atom stereocenters. The van der Waals surface area contributed by atoms with Crippen LogP contribution in [0.2, 0.25) is 0 Å². The van der Waals surface area contributed by atoms with E-state index in [0.717, 1.165) is 24.0 Å². The van der Waals surface area contributed by atoms with Crippen molar-refractivity contribution in [2.75, 3.05) is 6.61 Å². The number of aromatic nitrogens is 1. The first kappa shape index (κ1) is 13.4. The van der Waals surface area contributed by atoms with Gasteiger partial charge >= 0.3 is 0 Å². The number of hydrogen-bond acceptors (Lipinski definition) is 2. The third-order valence-electron chi connectivity index (χ3n) is 2.71. The molecule has 0 aliphatic carbocycles. The molecular formula is C13H21NOS. The largest absolute Gasteiger partial charge is 0.396 e. The zero-order valence-electron chi connectivity index (χ0n) is 9.77. The topological polar surface area (TPSA) is 25.2 Å². The Morgan fingerprint density at radius 3 is 2.38 bits per heavy atom. The van der Waals surface area contributed by atoms with Gasteiger partial charge in [0.1, 0.15) is 4.64 Å². The Hall–Kier alpha value is -0.670. The highest BCUT2D eigenvalue weighted by Gasteiger charge is 1.93. The van der Waals surface area contributed by atoms with Crippen LogP contribution in [-0.2, 0) is 6.54 Å². The molecule has 3 heteroatoms. The van der Waals surface area contributed by atoms with E-state index in [9.17, 15) is 0 Å². The Labute approximate surface area is 103 Å². The molecule has 90 valence electrons. The summed E-state index contributed by atoms with van der Waals surface area (Å²) in [6.07, 6.45) is 9.10. The number of hydrogen-bond donors (Lipinski definition) is 1. The fourth-order valence-electron chi connectivity index (χ4n) is 1.75. The lowest BCUT2D eigenvalue weighted by Crippen LogP contribution is -1.99. The van der Waals surface area contributed by atoms with E-state index in [4.69, 9.17) is 17.3 Å². The minimum absolute atomic E-state index is 0.333. The zero-order chi connectivity index (χ0) is 11.6. The van der Waals surface area contributed by atoms with Crippen LogP contribution < -0.4 is 0 Å². The van der Waals surface area contributed by atoms with Crippen molar-refractivity contribution in [2.24, 2.45) is 0 Å². The highest BCUT2D eigenvalue weighted by Crippen LogP contribution is 2.06. The third-order valence-corrected chi connectivity index (χ3v) is 3.08. The Balaban J connectivity index is 2.08. The second kappa shape index (κ2) is 8.48. The summed E-state index contributed by atoms with van der Waals surface area (Å²) >= 11 is 5.22. The van der Waals surface area contributed by atoms with E-state index in [1.807, 2.05) is 24.4 Å². The lowest BCUT2D eigenvalue weighted by molar-refractivity contribution is 0.282. The van der Waals surface area contributed by atoms with Gasteiger partial charge in [0.05, 0.1) is 0 Å². The molecule has 0 saturated carbocycles. The van der Waals surface area contributed by atoms with Crippen LogP contribution in [-0.4, -0.2) is 16.3 Å². The molecule has 1 N–H and O–H groups in total. The maximum Gasteiger partial charge on any atom is 0.105 e. The van der Waals surface area contributed by atoms with Crippen LogP contribution in [0.3, 0.4) is 0 Å². The standard InChI is InChI=1S/C13H21NOS/c15-12-8-4-2-1-3-6-10-14-11-7-5-9-13(14)16/h5,7,9,11,15H,1-4,6,8,10,12H2. The summed E-state index contributed by atoms with van der Waals surface area (Å²) in [4.78, 5) is 0. The summed E-state index contributed by atoms with van der Waals surface area (Å²) in [6.45, 7) is 1.36. The maximum absolute atomic E-state index is 8.63. The summed E-state index contributed by atoms with van der Waals surface area (Å²) in [7, 11) is 0. The van der Waals surface area contributed by atoms with Crippen LogP contribution in [0.1, 0.15) is 38.5 Å². The predicted molar refractivity (Wildman–Crippen MR) is 70.1 cm³/mol. The molecular weight excluding hydrogens is 218 g/mol. The normalized spacial score (nSPS) is 10.6. The number of unbranched alkanes of at least 4 members (excludes halogenated alkanes) is 5. The molecule has 0 fully saturated rings. The fourth-order valence-corrected chi connectivity index (χ4v) is 1.98. The molecule has 0 radical (unpaired) electrons. The van der Waals surface area contributed by atoms with Gasteiger partial charge in [0.15, 0.2) is 0 Å². The lowest BCUT2D eigenvalue weighted by atomic mass is 10.1. The molecule has 2 nitrogen and oxygen atoms in total. The minimum Gasteiger partial charge on any atom is -0.396 e. The number of aliphatic hydroxyl groups excluding tert-OH is 1. The van der Waals surface area contributed by atoms with Gasteiger partial charge in [0.25, 0.3) is 0 Å². The Morgan fingerprint density at radius 2 is 1.69 bits per heavy atom. The van der Waals surface area contributed by atoms with E-state index < -0.39 is 0 Å². The molecule has 0 saturated heterocycles. The van der Waals surface area contributed by atoms with Crippen molar-refractivity contribution in [1.29, 1.82) is 0 Å². The summed E-state index contributed by atoms with van der Waals surface area (Å²) in [6, 6.07) is 5.97.